The smallest absolute Gasteiger partial charge is 0.409 e. The molecule has 0 aromatic rings. The van der Waals surface area contributed by atoms with E-state index in [2.05, 4.69) is 5.32 Å². The number of nitrogens with zero attached hydrogens (tertiary/aromatic N) is 1. The number of halogens is 3. The van der Waals surface area contributed by atoms with E-state index in [-0.39, 0.29) is 24.6 Å². The van der Waals surface area contributed by atoms with Crippen molar-refractivity contribution >= 4 is 6.09 Å². The molecule has 0 radical (unpaired) electrons. The molecule has 0 bridgehead atoms. The third-order valence-corrected chi connectivity index (χ3v) is 3.64. The number of carbonyl (C=O) groups excluding carboxylic acids is 1. The fraction of sp³-hybridized carbons (Fsp3) is 0.929. The van der Waals surface area contributed by atoms with Crippen LogP contribution in [0.5, 0.6) is 0 Å². The maximum Gasteiger partial charge on any atom is 0.409 e. The molecule has 1 aliphatic heterocycles. The Hall–Kier alpha value is -0.980. The lowest BCUT2D eigenvalue weighted by molar-refractivity contribution is -0.135. The van der Waals surface area contributed by atoms with Crippen molar-refractivity contribution in [3.63, 3.8) is 0 Å². The molecule has 1 N–H and O–H groups in total. The number of hydrogen-bond donors (Lipinski definition) is 1. The predicted molar refractivity (Wildman–Crippen MR) is 74.1 cm³/mol. The van der Waals surface area contributed by atoms with Crippen LogP contribution < -0.4 is 5.32 Å². The average Bonchev–Trinajstić information content (AvgIpc) is 2.38. The Labute approximate surface area is 124 Å². The third-order valence-electron chi connectivity index (χ3n) is 3.64. The number of hydrogen-bond acceptors (Lipinski definition) is 3. The summed E-state index contributed by atoms with van der Waals surface area (Å²) < 4.78 is 41.2. The van der Waals surface area contributed by atoms with E-state index < -0.39 is 12.6 Å². The molecule has 1 fully saturated rings. The van der Waals surface area contributed by atoms with Gasteiger partial charge in [0.25, 0.3) is 0 Å². The van der Waals surface area contributed by atoms with E-state index in [4.69, 9.17) is 4.74 Å². The summed E-state index contributed by atoms with van der Waals surface area (Å²) in [6.45, 7) is 5.31. The first-order valence-electron chi connectivity index (χ1n) is 7.56. The number of likely N-dealkylation sites (tertiary alicyclic amines) is 1. The number of ether oxygens (including phenoxy) is 1. The molecule has 0 spiro atoms. The second-order valence-electron chi connectivity index (χ2n) is 5.54. The Morgan fingerprint density at radius 3 is 2.52 bits per heavy atom. The van der Waals surface area contributed by atoms with Gasteiger partial charge in [0.15, 0.2) is 0 Å². The van der Waals surface area contributed by atoms with Gasteiger partial charge in [-0.05, 0) is 39.5 Å². The summed E-state index contributed by atoms with van der Waals surface area (Å²) in [6, 6.07) is 0.322. The van der Waals surface area contributed by atoms with E-state index >= 15 is 0 Å². The largest absolute Gasteiger partial charge is 0.450 e. The lowest BCUT2D eigenvalue weighted by atomic mass is 10.0. The highest BCUT2D eigenvalue weighted by molar-refractivity contribution is 5.67. The first-order chi connectivity index (χ1) is 9.81. The minimum Gasteiger partial charge on any atom is -0.450 e. The normalized spacial score (nSPS) is 18.6. The molecule has 0 aliphatic carbocycles. The summed E-state index contributed by atoms with van der Waals surface area (Å²) in [5.74, 6) is 0. The molecule has 1 amide bonds. The number of amides is 1. The highest BCUT2D eigenvalue weighted by atomic mass is 19.4. The molecule has 1 unspecified atom stereocenters. The fourth-order valence-electron chi connectivity index (χ4n) is 2.54. The number of alkyl halides is 3. The number of carbonyl (C=O) groups is 1. The number of nitrogens with one attached hydrogen (secondary N) is 1. The van der Waals surface area contributed by atoms with Crippen LogP contribution in [0.2, 0.25) is 0 Å². The molecule has 21 heavy (non-hydrogen) atoms. The zero-order chi connectivity index (χ0) is 15.9. The quantitative estimate of drug-likeness (QED) is 0.818. The zero-order valence-corrected chi connectivity index (χ0v) is 12.7. The SMILES string of the molecule is CCOC(=O)N1CCC(NC(C)CCCC(F)(F)F)CC1. The van der Waals surface area contributed by atoms with Crippen LogP contribution in [0, 0.1) is 0 Å². The molecule has 1 saturated heterocycles. The van der Waals surface area contributed by atoms with Crippen LogP contribution in [0.3, 0.4) is 0 Å². The molecule has 0 saturated carbocycles. The van der Waals surface area contributed by atoms with Crippen molar-refractivity contribution in [3.05, 3.63) is 0 Å². The van der Waals surface area contributed by atoms with E-state index in [1.807, 2.05) is 6.92 Å². The van der Waals surface area contributed by atoms with Gasteiger partial charge in [0.1, 0.15) is 0 Å². The van der Waals surface area contributed by atoms with Gasteiger partial charge in [-0.15, -0.1) is 0 Å². The average molecular weight is 310 g/mol. The van der Waals surface area contributed by atoms with Crippen molar-refractivity contribution < 1.29 is 22.7 Å². The van der Waals surface area contributed by atoms with Crippen molar-refractivity contribution in [2.24, 2.45) is 0 Å². The molecule has 1 rings (SSSR count). The van der Waals surface area contributed by atoms with Crippen LogP contribution >= 0.6 is 0 Å². The van der Waals surface area contributed by atoms with Crippen molar-refractivity contribution in [2.75, 3.05) is 19.7 Å². The van der Waals surface area contributed by atoms with Crippen LogP contribution in [-0.4, -0.2) is 48.9 Å². The van der Waals surface area contributed by atoms with Crippen molar-refractivity contribution in [1.82, 2.24) is 10.2 Å². The van der Waals surface area contributed by atoms with Crippen molar-refractivity contribution in [3.8, 4) is 0 Å². The molecule has 0 aromatic carbocycles. The van der Waals surface area contributed by atoms with Gasteiger partial charge >= 0.3 is 12.3 Å². The first-order valence-corrected chi connectivity index (χ1v) is 7.56. The molecule has 7 heteroatoms. The summed E-state index contributed by atoms with van der Waals surface area (Å²) in [4.78, 5) is 13.2. The summed E-state index contributed by atoms with van der Waals surface area (Å²) in [5.41, 5.74) is 0. The van der Waals surface area contributed by atoms with Crippen LogP contribution in [-0.2, 0) is 4.74 Å². The minimum absolute atomic E-state index is 0.0616. The number of rotatable bonds is 6. The Balaban J connectivity index is 2.18. The van der Waals surface area contributed by atoms with Gasteiger partial charge in [0, 0.05) is 31.6 Å². The molecule has 4 nitrogen and oxygen atoms in total. The summed E-state index contributed by atoms with van der Waals surface area (Å²) in [6.07, 6.45) is -2.79. The Morgan fingerprint density at radius 2 is 2.00 bits per heavy atom. The summed E-state index contributed by atoms with van der Waals surface area (Å²) in [5, 5.41) is 3.35. The number of piperidine rings is 1. The van der Waals surface area contributed by atoms with E-state index in [1.165, 1.54) is 0 Å². The van der Waals surface area contributed by atoms with Crippen LogP contribution in [0.15, 0.2) is 0 Å². The lowest BCUT2D eigenvalue weighted by Gasteiger charge is -2.33. The Kier molecular flexibility index (Phi) is 7.28. The molecular formula is C14H25F3N2O2. The summed E-state index contributed by atoms with van der Waals surface area (Å²) in [7, 11) is 0. The van der Waals surface area contributed by atoms with Gasteiger partial charge in [0.05, 0.1) is 6.61 Å². The highest BCUT2D eigenvalue weighted by Crippen LogP contribution is 2.23. The maximum absolute atomic E-state index is 12.1. The zero-order valence-electron chi connectivity index (χ0n) is 12.7. The Morgan fingerprint density at radius 1 is 1.38 bits per heavy atom. The van der Waals surface area contributed by atoms with Gasteiger partial charge in [0.2, 0.25) is 0 Å². The van der Waals surface area contributed by atoms with Crippen LogP contribution in [0.1, 0.15) is 46.0 Å². The van der Waals surface area contributed by atoms with Gasteiger partial charge in [-0.1, -0.05) is 0 Å². The van der Waals surface area contributed by atoms with Crippen molar-refractivity contribution in [2.45, 2.75) is 64.2 Å². The fourth-order valence-corrected chi connectivity index (χ4v) is 2.54. The molecular weight excluding hydrogens is 285 g/mol. The van der Waals surface area contributed by atoms with E-state index in [9.17, 15) is 18.0 Å². The molecule has 1 aliphatic rings. The molecule has 1 atom stereocenters. The molecule has 0 aromatic heterocycles. The van der Waals surface area contributed by atoms with E-state index in [0.29, 0.717) is 26.1 Å². The van der Waals surface area contributed by atoms with E-state index in [1.54, 1.807) is 11.8 Å². The Bertz CT molecular complexity index is 316. The van der Waals surface area contributed by atoms with E-state index in [0.717, 1.165) is 12.8 Å². The maximum atomic E-state index is 12.1. The van der Waals surface area contributed by atoms with Gasteiger partial charge in [-0.25, -0.2) is 4.79 Å². The minimum atomic E-state index is -4.06. The predicted octanol–water partition coefficient (Wildman–Crippen LogP) is 3.32. The molecule has 1 heterocycles. The second-order valence-corrected chi connectivity index (χ2v) is 5.54. The van der Waals surface area contributed by atoms with Crippen molar-refractivity contribution in [1.29, 1.82) is 0 Å². The van der Waals surface area contributed by atoms with Gasteiger partial charge < -0.3 is 15.0 Å². The first kappa shape index (κ1) is 18.1. The van der Waals surface area contributed by atoms with Gasteiger partial charge in [-0.3, -0.25) is 0 Å². The summed E-state index contributed by atoms with van der Waals surface area (Å²) >= 11 is 0. The third kappa shape index (κ3) is 7.55. The topological polar surface area (TPSA) is 41.6 Å². The van der Waals surface area contributed by atoms with Gasteiger partial charge in [-0.2, -0.15) is 13.2 Å². The highest BCUT2D eigenvalue weighted by Gasteiger charge is 2.27. The standard InChI is InChI=1S/C14H25F3N2O2/c1-3-21-13(20)19-9-6-12(7-10-19)18-11(2)5-4-8-14(15,16)17/h11-12,18H,3-10H2,1-2H3. The monoisotopic (exact) mass is 310 g/mol. The van der Waals surface area contributed by atoms with Crippen LogP contribution in [0.25, 0.3) is 0 Å². The van der Waals surface area contributed by atoms with Crippen LogP contribution in [0.4, 0.5) is 18.0 Å². The lowest BCUT2D eigenvalue weighted by Crippen LogP contribution is -2.47. The molecule has 124 valence electrons. The second kappa shape index (κ2) is 8.46.